The zero-order valence-electron chi connectivity index (χ0n) is 7.28. The van der Waals surface area contributed by atoms with Crippen LogP contribution in [0.3, 0.4) is 0 Å². The van der Waals surface area contributed by atoms with E-state index in [2.05, 4.69) is 10.5 Å². The fourth-order valence-electron chi connectivity index (χ4n) is 1.33. The predicted octanol–water partition coefficient (Wildman–Crippen LogP) is 2.34. The summed E-state index contributed by atoms with van der Waals surface area (Å²) < 4.78 is 0. The van der Waals surface area contributed by atoms with Crippen molar-refractivity contribution in [3.8, 4) is 0 Å². The molecular formula is C10H10N2O. The molecule has 0 aliphatic rings. The second kappa shape index (κ2) is 3.03. The van der Waals surface area contributed by atoms with Crippen LogP contribution in [0.5, 0.6) is 0 Å². The molecule has 2 aromatic rings. The lowest BCUT2D eigenvalue weighted by Crippen LogP contribution is -1.96. The van der Waals surface area contributed by atoms with E-state index in [1.807, 2.05) is 37.3 Å². The van der Waals surface area contributed by atoms with Gasteiger partial charge in [-0.05, 0) is 24.6 Å². The van der Waals surface area contributed by atoms with Crippen LogP contribution in [0.15, 0.2) is 30.3 Å². The predicted molar refractivity (Wildman–Crippen MR) is 51.9 cm³/mol. The van der Waals surface area contributed by atoms with E-state index < -0.39 is 0 Å². The number of hydrogen-bond donors (Lipinski definition) is 2. The number of hydrogen-bond acceptors (Lipinski definition) is 3. The third kappa shape index (κ3) is 1.34. The van der Waals surface area contributed by atoms with Gasteiger partial charge in [-0.2, -0.15) is 0 Å². The third-order valence-corrected chi connectivity index (χ3v) is 2.02. The van der Waals surface area contributed by atoms with Crippen LogP contribution in [0, 0.1) is 6.92 Å². The van der Waals surface area contributed by atoms with Crippen molar-refractivity contribution in [1.29, 1.82) is 0 Å². The monoisotopic (exact) mass is 174 g/mol. The molecule has 0 fully saturated rings. The summed E-state index contributed by atoms with van der Waals surface area (Å²) in [4.78, 5) is 4.23. The van der Waals surface area contributed by atoms with Gasteiger partial charge in [0, 0.05) is 5.39 Å². The fraction of sp³-hybridized carbons (Fsp3) is 0.100. The Labute approximate surface area is 76.0 Å². The second-order valence-electron chi connectivity index (χ2n) is 2.96. The van der Waals surface area contributed by atoms with Gasteiger partial charge in [-0.15, -0.1) is 0 Å². The Morgan fingerprint density at radius 1 is 1.31 bits per heavy atom. The van der Waals surface area contributed by atoms with E-state index in [4.69, 9.17) is 5.21 Å². The highest BCUT2D eigenvalue weighted by Crippen LogP contribution is 2.18. The summed E-state index contributed by atoms with van der Waals surface area (Å²) in [6, 6.07) is 9.79. The number of rotatable bonds is 1. The van der Waals surface area contributed by atoms with Crippen molar-refractivity contribution in [3.05, 3.63) is 35.9 Å². The number of nitrogens with one attached hydrogen (secondary N) is 1. The van der Waals surface area contributed by atoms with Gasteiger partial charge in [-0.25, -0.2) is 4.98 Å². The van der Waals surface area contributed by atoms with Crippen molar-refractivity contribution >= 4 is 16.7 Å². The van der Waals surface area contributed by atoms with Crippen LogP contribution < -0.4 is 5.48 Å². The standard InChI is InChI=1S/C10H10N2O/c1-7-6-8-4-2-3-5-9(8)11-10(7)12-13/h2-6,13H,1H3,(H,11,12). The molecule has 0 unspecified atom stereocenters. The molecule has 0 saturated heterocycles. The van der Waals surface area contributed by atoms with E-state index in [9.17, 15) is 0 Å². The number of aromatic nitrogens is 1. The van der Waals surface area contributed by atoms with Gasteiger partial charge in [0.25, 0.3) is 0 Å². The average molecular weight is 174 g/mol. The summed E-state index contributed by atoms with van der Waals surface area (Å²) in [5.41, 5.74) is 3.89. The van der Waals surface area contributed by atoms with Gasteiger partial charge in [0.05, 0.1) is 5.52 Å². The van der Waals surface area contributed by atoms with Gasteiger partial charge in [-0.1, -0.05) is 18.2 Å². The minimum absolute atomic E-state index is 0.513. The Kier molecular flexibility index (Phi) is 1.87. The first kappa shape index (κ1) is 8.01. The molecule has 0 atom stereocenters. The van der Waals surface area contributed by atoms with Crippen LogP contribution in [-0.2, 0) is 0 Å². The normalized spacial score (nSPS) is 10.3. The van der Waals surface area contributed by atoms with E-state index in [1.165, 1.54) is 0 Å². The number of pyridine rings is 1. The van der Waals surface area contributed by atoms with Gasteiger partial charge in [0.2, 0.25) is 0 Å². The van der Waals surface area contributed by atoms with Crippen LogP contribution in [-0.4, -0.2) is 10.2 Å². The van der Waals surface area contributed by atoms with Gasteiger partial charge in [0.1, 0.15) is 0 Å². The lowest BCUT2D eigenvalue weighted by molar-refractivity contribution is 0.385. The summed E-state index contributed by atoms with van der Waals surface area (Å²) >= 11 is 0. The molecule has 2 rings (SSSR count). The molecule has 1 heterocycles. The highest BCUT2D eigenvalue weighted by atomic mass is 16.5. The smallest absolute Gasteiger partial charge is 0.153 e. The molecule has 13 heavy (non-hydrogen) atoms. The average Bonchev–Trinajstić information content (AvgIpc) is 2.17. The zero-order valence-corrected chi connectivity index (χ0v) is 7.28. The molecule has 1 aromatic carbocycles. The molecule has 3 nitrogen and oxygen atoms in total. The molecule has 0 saturated carbocycles. The number of para-hydroxylation sites is 1. The molecule has 0 amide bonds. The molecule has 0 spiro atoms. The van der Waals surface area contributed by atoms with Crippen molar-refractivity contribution in [3.63, 3.8) is 0 Å². The van der Waals surface area contributed by atoms with E-state index >= 15 is 0 Å². The van der Waals surface area contributed by atoms with Crippen LogP contribution in [0.25, 0.3) is 10.9 Å². The third-order valence-electron chi connectivity index (χ3n) is 2.02. The van der Waals surface area contributed by atoms with Crippen molar-refractivity contribution < 1.29 is 5.21 Å². The Bertz CT molecular complexity index is 440. The van der Waals surface area contributed by atoms with Crippen LogP contribution in [0.1, 0.15) is 5.56 Å². The van der Waals surface area contributed by atoms with Gasteiger partial charge in [0.15, 0.2) is 5.82 Å². The Morgan fingerprint density at radius 2 is 2.08 bits per heavy atom. The van der Waals surface area contributed by atoms with Crippen molar-refractivity contribution in [1.82, 2.24) is 4.98 Å². The molecule has 66 valence electrons. The first-order valence-electron chi connectivity index (χ1n) is 4.08. The Balaban J connectivity index is 2.74. The van der Waals surface area contributed by atoms with E-state index in [-0.39, 0.29) is 0 Å². The van der Waals surface area contributed by atoms with Gasteiger partial charge in [-0.3, -0.25) is 10.7 Å². The molecule has 3 heteroatoms. The maximum absolute atomic E-state index is 8.77. The SMILES string of the molecule is Cc1cc2ccccc2nc1NO. The molecule has 1 aromatic heterocycles. The van der Waals surface area contributed by atoms with E-state index in [0.29, 0.717) is 5.82 Å². The summed E-state index contributed by atoms with van der Waals surface area (Å²) in [6.45, 7) is 1.90. The highest BCUT2D eigenvalue weighted by molar-refractivity contribution is 5.81. The Hall–Kier alpha value is -1.61. The number of nitrogens with zero attached hydrogens (tertiary/aromatic N) is 1. The number of aryl methyl sites for hydroxylation is 1. The summed E-state index contributed by atoms with van der Waals surface area (Å²) in [7, 11) is 0. The number of benzene rings is 1. The first-order chi connectivity index (χ1) is 6.31. The van der Waals surface area contributed by atoms with Crippen molar-refractivity contribution in [2.24, 2.45) is 0 Å². The minimum Gasteiger partial charge on any atom is -0.290 e. The van der Waals surface area contributed by atoms with Crippen molar-refractivity contribution in [2.75, 3.05) is 5.48 Å². The van der Waals surface area contributed by atoms with E-state index in [1.54, 1.807) is 0 Å². The molecule has 0 aliphatic carbocycles. The van der Waals surface area contributed by atoms with Gasteiger partial charge < -0.3 is 0 Å². The summed E-state index contributed by atoms with van der Waals surface area (Å²) in [6.07, 6.45) is 0. The molecule has 0 aliphatic heterocycles. The summed E-state index contributed by atoms with van der Waals surface area (Å²) in [5.74, 6) is 0.513. The first-order valence-corrected chi connectivity index (χ1v) is 4.08. The van der Waals surface area contributed by atoms with Crippen LogP contribution in [0.2, 0.25) is 0 Å². The fourth-order valence-corrected chi connectivity index (χ4v) is 1.33. The van der Waals surface area contributed by atoms with Crippen LogP contribution in [0.4, 0.5) is 5.82 Å². The molecule has 2 N–H and O–H groups in total. The molecule has 0 radical (unpaired) electrons. The summed E-state index contributed by atoms with van der Waals surface area (Å²) in [5, 5.41) is 9.85. The largest absolute Gasteiger partial charge is 0.290 e. The maximum Gasteiger partial charge on any atom is 0.153 e. The maximum atomic E-state index is 8.77. The Morgan fingerprint density at radius 3 is 2.85 bits per heavy atom. The lowest BCUT2D eigenvalue weighted by Gasteiger charge is -2.04. The molecule has 0 bridgehead atoms. The highest BCUT2D eigenvalue weighted by Gasteiger charge is 2.00. The number of anilines is 1. The lowest BCUT2D eigenvalue weighted by atomic mass is 10.1. The van der Waals surface area contributed by atoms with Gasteiger partial charge >= 0.3 is 0 Å². The molecular weight excluding hydrogens is 164 g/mol. The van der Waals surface area contributed by atoms with Crippen molar-refractivity contribution in [2.45, 2.75) is 6.92 Å². The topological polar surface area (TPSA) is 45.2 Å². The van der Waals surface area contributed by atoms with E-state index in [0.717, 1.165) is 16.5 Å². The zero-order chi connectivity index (χ0) is 9.26. The minimum atomic E-state index is 0.513. The quantitative estimate of drug-likeness (QED) is 0.652. The second-order valence-corrected chi connectivity index (χ2v) is 2.96. The number of fused-ring (bicyclic) bond motifs is 1. The van der Waals surface area contributed by atoms with Crippen LogP contribution >= 0.6 is 0 Å².